The zero-order chi connectivity index (χ0) is 13.8. The van der Waals surface area contributed by atoms with E-state index in [-0.39, 0.29) is 11.3 Å². The lowest BCUT2D eigenvalue weighted by Gasteiger charge is -2.15. The summed E-state index contributed by atoms with van der Waals surface area (Å²) in [7, 11) is -1.18. The fourth-order valence-electron chi connectivity index (χ4n) is 1.32. The molecule has 1 aromatic heterocycles. The quantitative estimate of drug-likeness (QED) is 0.799. The van der Waals surface area contributed by atoms with Crippen molar-refractivity contribution in [2.45, 2.75) is 6.54 Å². The molecule has 0 amide bonds. The first kappa shape index (κ1) is 14.6. The van der Waals surface area contributed by atoms with Crippen LogP contribution < -0.4 is 0 Å². The van der Waals surface area contributed by atoms with Crippen LogP contribution in [0.5, 0.6) is 0 Å². The van der Waals surface area contributed by atoms with Crippen LogP contribution in [0, 0.1) is 0 Å². The summed E-state index contributed by atoms with van der Waals surface area (Å²) in [6.45, 7) is 0.899. The molecule has 6 nitrogen and oxygen atoms in total. The smallest absolute Gasteiger partial charge is 0.337 e. The van der Waals surface area contributed by atoms with E-state index >= 15 is 0 Å². The molecular weight excluding hydrogens is 256 g/mol. The van der Waals surface area contributed by atoms with Gasteiger partial charge in [0.05, 0.1) is 17.0 Å². The Morgan fingerprint density at radius 1 is 1.44 bits per heavy atom. The van der Waals surface area contributed by atoms with Gasteiger partial charge in [-0.15, -0.1) is 0 Å². The number of hydrogen-bond acceptors (Lipinski definition) is 5. The van der Waals surface area contributed by atoms with Gasteiger partial charge in [-0.2, -0.15) is 0 Å². The molecule has 0 bridgehead atoms. The standard InChI is InChI=1S/C11H16N2O4S/c1-13(5-6-18(2,16)17)8-10-4-3-9(7-12-10)11(14)15/h3-4,7H,5-6,8H2,1-2H3,(H,14,15). The van der Waals surface area contributed by atoms with Crippen molar-refractivity contribution in [1.82, 2.24) is 9.88 Å². The van der Waals surface area contributed by atoms with Crippen LogP contribution in [0.1, 0.15) is 16.1 Å². The van der Waals surface area contributed by atoms with Crippen molar-refractivity contribution < 1.29 is 18.3 Å². The fourth-order valence-corrected chi connectivity index (χ4v) is 1.97. The number of aromatic nitrogens is 1. The van der Waals surface area contributed by atoms with E-state index in [1.807, 2.05) is 4.90 Å². The van der Waals surface area contributed by atoms with Crippen molar-refractivity contribution in [3.8, 4) is 0 Å². The summed E-state index contributed by atoms with van der Waals surface area (Å²) in [5.74, 6) is -0.920. The highest BCUT2D eigenvalue weighted by Crippen LogP contribution is 2.03. The Hall–Kier alpha value is -1.47. The molecule has 0 aliphatic carbocycles. The summed E-state index contributed by atoms with van der Waals surface area (Å²) in [5, 5.41) is 8.71. The van der Waals surface area contributed by atoms with Crippen LogP contribution in [-0.2, 0) is 16.4 Å². The van der Waals surface area contributed by atoms with Gasteiger partial charge in [-0.05, 0) is 19.2 Å². The lowest BCUT2D eigenvalue weighted by Crippen LogP contribution is -2.25. The molecule has 0 aliphatic heterocycles. The number of pyridine rings is 1. The third-order valence-corrected chi connectivity index (χ3v) is 3.27. The summed E-state index contributed by atoms with van der Waals surface area (Å²) in [6, 6.07) is 3.11. The molecular formula is C11H16N2O4S. The predicted octanol–water partition coefficient (Wildman–Crippen LogP) is 0.256. The largest absolute Gasteiger partial charge is 0.478 e. The number of aromatic carboxylic acids is 1. The Balaban J connectivity index is 2.54. The second-order valence-electron chi connectivity index (χ2n) is 4.21. The average molecular weight is 272 g/mol. The molecule has 0 aromatic carbocycles. The van der Waals surface area contributed by atoms with E-state index < -0.39 is 15.8 Å². The lowest BCUT2D eigenvalue weighted by molar-refractivity contribution is 0.0696. The number of carboxylic acids is 1. The molecule has 0 aliphatic rings. The maximum absolute atomic E-state index is 11.0. The summed E-state index contributed by atoms with van der Waals surface area (Å²) in [6.07, 6.45) is 2.49. The molecule has 18 heavy (non-hydrogen) atoms. The molecule has 0 radical (unpaired) electrons. The van der Waals surface area contributed by atoms with Crippen LogP contribution in [0.3, 0.4) is 0 Å². The van der Waals surface area contributed by atoms with Gasteiger partial charge in [0.15, 0.2) is 0 Å². The van der Waals surface area contributed by atoms with E-state index in [4.69, 9.17) is 5.11 Å². The van der Waals surface area contributed by atoms with Gasteiger partial charge in [-0.1, -0.05) is 0 Å². The van der Waals surface area contributed by atoms with Crippen LogP contribution in [0.2, 0.25) is 0 Å². The summed E-state index contributed by atoms with van der Waals surface area (Å²) in [4.78, 5) is 16.5. The lowest BCUT2D eigenvalue weighted by atomic mass is 10.2. The Bertz CT molecular complexity index is 510. The first-order valence-corrected chi connectivity index (χ1v) is 7.38. The SMILES string of the molecule is CN(CCS(C)(=O)=O)Cc1ccc(C(=O)O)cn1. The van der Waals surface area contributed by atoms with Crippen molar-refractivity contribution in [1.29, 1.82) is 0 Å². The summed E-state index contributed by atoms with van der Waals surface area (Å²) >= 11 is 0. The second-order valence-corrected chi connectivity index (χ2v) is 6.47. The van der Waals surface area contributed by atoms with Gasteiger partial charge in [-0.25, -0.2) is 13.2 Å². The molecule has 0 saturated heterocycles. The second kappa shape index (κ2) is 5.92. The van der Waals surface area contributed by atoms with Crippen molar-refractivity contribution in [2.24, 2.45) is 0 Å². The van der Waals surface area contributed by atoms with Gasteiger partial charge in [0.2, 0.25) is 0 Å². The van der Waals surface area contributed by atoms with Gasteiger partial charge < -0.3 is 5.11 Å². The molecule has 100 valence electrons. The van der Waals surface area contributed by atoms with Crippen molar-refractivity contribution in [3.05, 3.63) is 29.6 Å². The number of hydrogen-bond donors (Lipinski definition) is 1. The maximum atomic E-state index is 11.0. The Morgan fingerprint density at radius 3 is 2.56 bits per heavy atom. The van der Waals surface area contributed by atoms with Crippen molar-refractivity contribution in [2.75, 3.05) is 25.6 Å². The highest BCUT2D eigenvalue weighted by atomic mass is 32.2. The van der Waals surface area contributed by atoms with Crippen molar-refractivity contribution >= 4 is 15.8 Å². The first-order chi connectivity index (χ1) is 8.28. The third kappa shape index (κ3) is 5.24. The van der Waals surface area contributed by atoms with Crippen LogP contribution in [-0.4, -0.2) is 55.0 Å². The Kier molecular flexibility index (Phi) is 4.80. The Labute approximate surface area is 106 Å². The molecule has 1 rings (SSSR count). The molecule has 0 atom stereocenters. The zero-order valence-corrected chi connectivity index (χ0v) is 11.1. The Morgan fingerprint density at radius 2 is 2.11 bits per heavy atom. The first-order valence-electron chi connectivity index (χ1n) is 5.32. The van der Waals surface area contributed by atoms with Gasteiger partial charge in [0.25, 0.3) is 0 Å². The predicted molar refractivity (Wildman–Crippen MR) is 67.2 cm³/mol. The fraction of sp³-hybridized carbons (Fsp3) is 0.455. The normalized spacial score (nSPS) is 11.7. The molecule has 0 saturated carbocycles. The van der Waals surface area contributed by atoms with E-state index in [2.05, 4.69) is 4.98 Å². The molecule has 0 fully saturated rings. The van der Waals surface area contributed by atoms with Crippen LogP contribution >= 0.6 is 0 Å². The van der Waals surface area contributed by atoms with Crippen LogP contribution in [0.4, 0.5) is 0 Å². The summed E-state index contributed by atoms with van der Waals surface area (Å²) in [5.41, 5.74) is 0.841. The number of nitrogens with zero attached hydrogens (tertiary/aromatic N) is 2. The molecule has 1 heterocycles. The van der Waals surface area contributed by atoms with Crippen LogP contribution in [0.25, 0.3) is 0 Å². The minimum absolute atomic E-state index is 0.0940. The molecule has 0 spiro atoms. The average Bonchev–Trinajstić information content (AvgIpc) is 2.26. The van der Waals surface area contributed by atoms with Gasteiger partial charge in [0, 0.05) is 25.5 Å². The zero-order valence-electron chi connectivity index (χ0n) is 10.3. The van der Waals surface area contributed by atoms with Gasteiger partial charge in [-0.3, -0.25) is 9.88 Å². The highest BCUT2D eigenvalue weighted by molar-refractivity contribution is 7.90. The van der Waals surface area contributed by atoms with E-state index in [1.165, 1.54) is 18.5 Å². The molecule has 1 N–H and O–H groups in total. The van der Waals surface area contributed by atoms with Gasteiger partial charge in [0.1, 0.15) is 9.84 Å². The topological polar surface area (TPSA) is 87.6 Å². The van der Waals surface area contributed by atoms with Gasteiger partial charge >= 0.3 is 5.97 Å². The number of carbonyl (C=O) groups is 1. The molecule has 7 heteroatoms. The summed E-state index contributed by atoms with van der Waals surface area (Å²) < 4.78 is 22.0. The molecule has 1 aromatic rings. The van der Waals surface area contributed by atoms with Crippen molar-refractivity contribution in [3.63, 3.8) is 0 Å². The minimum Gasteiger partial charge on any atom is -0.478 e. The van der Waals surface area contributed by atoms with E-state index in [1.54, 1.807) is 13.1 Å². The number of sulfone groups is 1. The van der Waals surface area contributed by atoms with Crippen LogP contribution in [0.15, 0.2) is 18.3 Å². The highest BCUT2D eigenvalue weighted by Gasteiger charge is 2.08. The number of carboxylic acid groups (broad SMARTS) is 1. The minimum atomic E-state index is -2.97. The molecule has 0 unspecified atom stereocenters. The van der Waals surface area contributed by atoms with E-state index in [0.29, 0.717) is 18.8 Å². The monoisotopic (exact) mass is 272 g/mol. The third-order valence-electron chi connectivity index (χ3n) is 2.35. The van der Waals surface area contributed by atoms with E-state index in [0.717, 1.165) is 0 Å². The van der Waals surface area contributed by atoms with E-state index in [9.17, 15) is 13.2 Å². The maximum Gasteiger partial charge on any atom is 0.337 e. The number of rotatable bonds is 6.